The van der Waals surface area contributed by atoms with Gasteiger partial charge in [0.2, 0.25) is 0 Å². The number of aromatic nitrogens is 2. The number of hydrogen-bond acceptors (Lipinski definition) is 2. The van der Waals surface area contributed by atoms with Crippen LogP contribution < -0.4 is 10.9 Å². The van der Waals surface area contributed by atoms with Gasteiger partial charge in [-0.05, 0) is 47.5 Å². The lowest BCUT2D eigenvalue weighted by atomic mass is 9.99. The summed E-state index contributed by atoms with van der Waals surface area (Å²) < 4.78 is 88.5. The number of hydrogen-bond donors (Lipinski definition) is 0. The molecule has 0 N–H and O–H groups in total. The van der Waals surface area contributed by atoms with Crippen molar-refractivity contribution < 1.29 is 26.3 Å². The lowest BCUT2D eigenvalue weighted by molar-refractivity contribution is 0.547. The van der Waals surface area contributed by atoms with Crippen LogP contribution in [-0.4, -0.2) is 9.13 Å². The summed E-state index contributed by atoms with van der Waals surface area (Å²) >= 11 is 0. The summed E-state index contributed by atoms with van der Waals surface area (Å²) in [5, 5.41) is 0.976. The standard InChI is InChI=1S/C34H18F6N2O2/c1-41-27-7-15(31-23(37)9-17(35)10-24(31)38)3-5-19(27)33(43)21-14-30-22(13-29(21)41)34(44)20-6-4-16(8-28(20)42(30)2)32-25(39)11-18(36)12-26(32)40/h3-14H,1-2H3. The van der Waals surface area contributed by atoms with Crippen molar-refractivity contribution in [3.63, 3.8) is 0 Å². The van der Waals surface area contributed by atoms with E-state index >= 15 is 0 Å². The van der Waals surface area contributed by atoms with Crippen molar-refractivity contribution in [3.8, 4) is 22.3 Å². The van der Waals surface area contributed by atoms with Gasteiger partial charge in [-0.1, -0.05) is 12.1 Å². The number of pyridine rings is 2. The average molecular weight is 601 g/mol. The van der Waals surface area contributed by atoms with Crippen LogP contribution in [0.15, 0.2) is 82.4 Å². The molecule has 0 atom stereocenters. The Labute approximate surface area is 243 Å². The van der Waals surface area contributed by atoms with Gasteiger partial charge in [-0.2, -0.15) is 0 Å². The summed E-state index contributed by atoms with van der Waals surface area (Å²) in [6.07, 6.45) is 0. The Bertz CT molecular complexity index is 2310. The molecule has 0 aliphatic carbocycles. The van der Waals surface area contributed by atoms with E-state index in [4.69, 9.17) is 0 Å². The first kappa shape index (κ1) is 27.5. The van der Waals surface area contributed by atoms with Crippen molar-refractivity contribution in [2.24, 2.45) is 14.1 Å². The Balaban J connectivity index is 1.50. The van der Waals surface area contributed by atoms with Gasteiger partial charge in [-0.25, -0.2) is 26.3 Å². The molecule has 218 valence electrons. The summed E-state index contributed by atoms with van der Waals surface area (Å²) in [5.41, 5.74) is -0.119. The molecule has 2 aromatic heterocycles. The summed E-state index contributed by atoms with van der Waals surface area (Å²) in [4.78, 5) is 27.4. The molecule has 2 heterocycles. The maximum Gasteiger partial charge on any atom is 0.197 e. The van der Waals surface area contributed by atoms with Gasteiger partial charge in [0, 0.05) is 59.9 Å². The molecule has 0 aliphatic rings. The Morgan fingerprint density at radius 3 is 1.09 bits per heavy atom. The largest absolute Gasteiger partial charge is 0.343 e. The molecule has 0 saturated carbocycles. The van der Waals surface area contributed by atoms with Gasteiger partial charge in [0.25, 0.3) is 0 Å². The minimum Gasteiger partial charge on any atom is -0.343 e. The zero-order valence-corrected chi connectivity index (χ0v) is 22.9. The first-order valence-corrected chi connectivity index (χ1v) is 13.3. The molecule has 0 saturated heterocycles. The van der Waals surface area contributed by atoms with Gasteiger partial charge >= 0.3 is 0 Å². The fraction of sp³-hybridized carbons (Fsp3) is 0.0588. The molecule has 0 spiro atoms. The minimum atomic E-state index is -1.10. The van der Waals surface area contributed by atoms with Crippen LogP contribution in [0.4, 0.5) is 26.3 Å². The molecular formula is C34H18F6N2O2. The number of halogens is 6. The smallest absolute Gasteiger partial charge is 0.197 e. The van der Waals surface area contributed by atoms with E-state index in [0.717, 1.165) is 0 Å². The van der Waals surface area contributed by atoms with Crippen molar-refractivity contribution in [2.75, 3.05) is 0 Å². The molecule has 0 amide bonds. The molecule has 0 radical (unpaired) electrons. The number of nitrogens with zero attached hydrogens (tertiary/aromatic N) is 2. The second kappa shape index (κ2) is 9.57. The van der Waals surface area contributed by atoms with E-state index in [2.05, 4.69) is 0 Å². The highest BCUT2D eigenvalue weighted by Crippen LogP contribution is 2.33. The quantitative estimate of drug-likeness (QED) is 0.150. The zero-order chi connectivity index (χ0) is 31.2. The van der Waals surface area contributed by atoms with Crippen LogP contribution in [0, 0.1) is 34.9 Å². The van der Waals surface area contributed by atoms with E-state index in [-0.39, 0.29) is 32.7 Å². The van der Waals surface area contributed by atoms with E-state index in [1.807, 2.05) is 0 Å². The van der Waals surface area contributed by atoms with E-state index < -0.39 is 56.9 Å². The molecule has 0 unspecified atom stereocenters. The zero-order valence-electron chi connectivity index (χ0n) is 22.9. The third-order valence-electron chi connectivity index (χ3n) is 8.12. The van der Waals surface area contributed by atoms with Crippen LogP contribution in [-0.2, 0) is 14.1 Å². The maximum atomic E-state index is 14.6. The lowest BCUT2D eigenvalue weighted by Crippen LogP contribution is -2.13. The predicted octanol–water partition coefficient (Wildman–Crippen LogP) is 7.87. The number of benzene rings is 5. The SMILES string of the molecule is Cn1c2cc(-c3c(F)cc(F)cc3F)ccc2c(=O)c2cc3c(cc21)c(=O)c1ccc(-c2c(F)cc(F)cc2F)cc1n3C. The predicted molar refractivity (Wildman–Crippen MR) is 158 cm³/mol. The molecule has 10 heteroatoms. The normalized spacial score (nSPS) is 11.8. The van der Waals surface area contributed by atoms with Crippen LogP contribution in [0.2, 0.25) is 0 Å². The van der Waals surface area contributed by atoms with Crippen LogP contribution in [0.1, 0.15) is 0 Å². The summed E-state index contributed by atoms with van der Waals surface area (Å²) in [6, 6.07) is 13.8. The van der Waals surface area contributed by atoms with Gasteiger partial charge in [-0.15, -0.1) is 0 Å². The van der Waals surface area contributed by atoms with Crippen molar-refractivity contribution >= 4 is 43.6 Å². The van der Waals surface area contributed by atoms with Crippen LogP contribution in [0.25, 0.3) is 65.9 Å². The van der Waals surface area contributed by atoms with Crippen molar-refractivity contribution in [1.29, 1.82) is 0 Å². The van der Waals surface area contributed by atoms with Crippen LogP contribution in [0.3, 0.4) is 0 Å². The van der Waals surface area contributed by atoms with Gasteiger partial charge in [-0.3, -0.25) is 9.59 Å². The highest BCUT2D eigenvalue weighted by Gasteiger charge is 2.20. The number of rotatable bonds is 2. The molecule has 7 aromatic rings. The Morgan fingerprint density at radius 2 is 0.750 bits per heavy atom. The van der Waals surface area contributed by atoms with E-state index in [0.29, 0.717) is 46.3 Å². The molecule has 5 aromatic carbocycles. The number of aryl methyl sites for hydroxylation is 2. The highest BCUT2D eigenvalue weighted by atomic mass is 19.2. The lowest BCUT2D eigenvalue weighted by Gasteiger charge is -2.16. The second-order valence-electron chi connectivity index (χ2n) is 10.6. The van der Waals surface area contributed by atoms with E-state index in [1.54, 1.807) is 35.4 Å². The van der Waals surface area contributed by atoms with Crippen molar-refractivity contribution in [2.45, 2.75) is 0 Å². The minimum absolute atomic E-state index is 0.0920. The second-order valence-corrected chi connectivity index (χ2v) is 10.6. The van der Waals surface area contributed by atoms with Crippen molar-refractivity contribution in [1.82, 2.24) is 9.13 Å². The Kier molecular flexibility index (Phi) is 5.97. The van der Waals surface area contributed by atoms with Crippen LogP contribution >= 0.6 is 0 Å². The molecule has 7 rings (SSSR count). The summed E-state index contributed by atoms with van der Waals surface area (Å²) in [5.74, 6) is -6.50. The molecule has 4 nitrogen and oxygen atoms in total. The third kappa shape index (κ3) is 3.94. The van der Waals surface area contributed by atoms with Gasteiger partial charge in [0.1, 0.15) is 34.9 Å². The first-order valence-electron chi connectivity index (χ1n) is 13.3. The fourth-order valence-electron chi connectivity index (χ4n) is 5.99. The Morgan fingerprint density at radius 1 is 0.432 bits per heavy atom. The maximum absolute atomic E-state index is 14.6. The highest BCUT2D eigenvalue weighted by molar-refractivity contribution is 6.04. The van der Waals surface area contributed by atoms with Gasteiger partial charge in [0.15, 0.2) is 10.9 Å². The summed E-state index contributed by atoms with van der Waals surface area (Å²) in [6.45, 7) is 0. The van der Waals surface area contributed by atoms with E-state index in [1.165, 1.54) is 36.4 Å². The van der Waals surface area contributed by atoms with Crippen molar-refractivity contribution in [3.05, 3.63) is 128 Å². The van der Waals surface area contributed by atoms with Crippen LogP contribution in [0.5, 0.6) is 0 Å². The monoisotopic (exact) mass is 600 g/mol. The molecule has 0 fully saturated rings. The average Bonchev–Trinajstić information content (AvgIpc) is 2.97. The summed E-state index contributed by atoms with van der Waals surface area (Å²) in [7, 11) is 3.28. The van der Waals surface area contributed by atoms with Gasteiger partial charge in [0.05, 0.1) is 33.2 Å². The molecular weight excluding hydrogens is 582 g/mol. The molecule has 44 heavy (non-hydrogen) atoms. The third-order valence-corrected chi connectivity index (χ3v) is 8.12. The number of fused-ring (bicyclic) bond motifs is 4. The first-order chi connectivity index (χ1) is 20.9. The topological polar surface area (TPSA) is 44.0 Å². The Hall–Kier alpha value is -5.38. The van der Waals surface area contributed by atoms with Gasteiger partial charge < -0.3 is 9.13 Å². The molecule has 0 aliphatic heterocycles. The fourth-order valence-corrected chi connectivity index (χ4v) is 5.99. The molecule has 0 bridgehead atoms. The van der Waals surface area contributed by atoms with E-state index in [9.17, 15) is 35.9 Å².